The molecule has 1 aliphatic heterocycles. The Morgan fingerprint density at radius 2 is 1.73 bits per heavy atom. The monoisotopic (exact) mass is 375 g/mol. The van der Waals surface area contributed by atoms with Crippen molar-refractivity contribution in [2.75, 3.05) is 4.90 Å². The van der Waals surface area contributed by atoms with Gasteiger partial charge in [0.05, 0.1) is 10.6 Å². The van der Waals surface area contributed by atoms with Crippen LogP contribution >= 0.6 is 24.0 Å². The maximum atomic E-state index is 13.0. The molecule has 0 bridgehead atoms. The third-order valence-corrected chi connectivity index (χ3v) is 5.95. The fourth-order valence-corrected chi connectivity index (χ4v) is 4.36. The van der Waals surface area contributed by atoms with Crippen LogP contribution in [0.1, 0.15) is 16.7 Å². The first-order chi connectivity index (χ1) is 12.5. The Balaban J connectivity index is 1.75. The molecule has 0 aromatic heterocycles. The van der Waals surface area contributed by atoms with E-state index in [-0.39, 0.29) is 5.91 Å². The average molecular weight is 376 g/mol. The van der Waals surface area contributed by atoms with Gasteiger partial charge in [0, 0.05) is 0 Å². The lowest BCUT2D eigenvalue weighted by atomic mass is 10.0. The molecule has 4 heteroatoms. The number of fused-ring (bicyclic) bond motifs is 1. The molecule has 1 fully saturated rings. The van der Waals surface area contributed by atoms with Crippen LogP contribution in [0.4, 0.5) is 5.69 Å². The number of amides is 1. The van der Waals surface area contributed by atoms with Crippen LogP contribution in [0.3, 0.4) is 0 Å². The third kappa shape index (κ3) is 2.96. The van der Waals surface area contributed by atoms with Crippen LogP contribution in [0.2, 0.25) is 0 Å². The predicted molar refractivity (Wildman–Crippen MR) is 116 cm³/mol. The van der Waals surface area contributed by atoms with Gasteiger partial charge in [-0.05, 0) is 59.5 Å². The second-order valence-corrected chi connectivity index (χ2v) is 8.03. The largest absolute Gasteiger partial charge is 0.270 e. The summed E-state index contributed by atoms with van der Waals surface area (Å²) >= 11 is 6.85. The Morgan fingerprint density at radius 1 is 0.962 bits per heavy atom. The van der Waals surface area contributed by atoms with Crippen LogP contribution in [0.15, 0.2) is 65.6 Å². The van der Waals surface area contributed by atoms with E-state index in [2.05, 4.69) is 25.1 Å². The molecule has 26 heavy (non-hydrogen) atoms. The van der Waals surface area contributed by atoms with E-state index in [9.17, 15) is 4.79 Å². The van der Waals surface area contributed by atoms with Crippen LogP contribution in [0.5, 0.6) is 0 Å². The number of carbonyl (C=O) groups excluding carboxylic acids is 1. The van der Waals surface area contributed by atoms with Crippen LogP contribution in [-0.2, 0) is 4.79 Å². The van der Waals surface area contributed by atoms with E-state index in [4.69, 9.17) is 12.2 Å². The third-order valence-electron chi connectivity index (χ3n) is 4.65. The van der Waals surface area contributed by atoms with Gasteiger partial charge in [-0.15, -0.1) is 0 Å². The van der Waals surface area contributed by atoms with Gasteiger partial charge in [-0.25, -0.2) is 0 Å². The van der Waals surface area contributed by atoms with Crippen molar-refractivity contribution in [2.24, 2.45) is 0 Å². The van der Waals surface area contributed by atoms with Gasteiger partial charge in [0.1, 0.15) is 0 Å². The van der Waals surface area contributed by atoms with Crippen molar-refractivity contribution >= 4 is 56.7 Å². The molecule has 0 spiro atoms. The number of hydrogen-bond acceptors (Lipinski definition) is 3. The Kier molecular flexibility index (Phi) is 4.39. The molecular formula is C22H17NOS2. The minimum atomic E-state index is -0.0591. The summed E-state index contributed by atoms with van der Waals surface area (Å²) in [7, 11) is 0. The molecule has 0 saturated carbocycles. The van der Waals surface area contributed by atoms with Gasteiger partial charge in [0.25, 0.3) is 5.91 Å². The van der Waals surface area contributed by atoms with E-state index in [1.807, 2.05) is 55.5 Å². The Hall–Kier alpha value is -2.43. The lowest BCUT2D eigenvalue weighted by molar-refractivity contribution is -0.113. The second-order valence-electron chi connectivity index (χ2n) is 6.35. The molecule has 1 saturated heterocycles. The molecule has 0 radical (unpaired) electrons. The number of thioether (sulfide) groups is 1. The first-order valence-electron chi connectivity index (χ1n) is 8.37. The molecular weight excluding hydrogens is 358 g/mol. The predicted octanol–water partition coefficient (Wildman–Crippen LogP) is 5.86. The SMILES string of the molecule is Cc1ccc(N2C(=O)C(=Cc3cccc4ccccc34)SC2=S)cc1C. The van der Waals surface area contributed by atoms with E-state index in [1.165, 1.54) is 17.3 Å². The fraction of sp³-hybridized carbons (Fsp3) is 0.0909. The van der Waals surface area contributed by atoms with E-state index >= 15 is 0 Å². The fourth-order valence-electron chi connectivity index (χ4n) is 3.07. The number of anilines is 1. The molecule has 0 atom stereocenters. The standard InChI is InChI=1S/C22H17NOS2/c1-14-10-11-18(12-15(14)2)23-21(24)20(26-22(23)25)13-17-8-5-7-16-6-3-4-9-19(16)17/h3-13H,1-2H3. The minimum Gasteiger partial charge on any atom is -0.268 e. The summed E-state index contributed by atoms with van der Waals surface area (Å²) in [6.07, 6.45) is 1.95. The van der Waals surface area contributed by atoms with E-state index < -0.39 is 0 Å². The summed E-state index contributed by atoms with van der Waals surface area (Å²) < 4.78 is 0.574. The quantitative estimate of drug-likeness (QED) is 0.413. The zero-order valence-corrected chi connectivity index (χ0v) is 16.2. The second kappa shape index (κ2) is 6.71. The highest BCUT2D eigenvalue weighted by Gasteiger charge is 2.33. The summed E-state index contributed by atoms with van der Waals surface area (Å²) in [4.78, 5) is 15.3. The average Bonchev–Trinajstić information content (AvgIpc) is 2.91. The van der Waals surface area contributed by atoms with E-state index in [1.54, 1.807) is 4.90 Å². The van der Waals surface area contributed by atoms with E-state index in [0.29, 0.717) is 9.23 Å². The molecule has 1 amide bonds. The molecule has 128 valence electrons. The zero-order valence-electron chi connectivity index (χ0n) is 14.5. The number of thiocarbonyl (C=S) groups is 1. The highest BCUT2D eigenvalue weighted by molar-refractivity contribution is 8.27. The Bertz CT molecular complexity index is 1080. The Morgan fingerprint density at radius 3 is 2.54 bits per heavy atom. The van der Waals surface area contributed by atoms with Crippen LogP contribution < -0.4 is 4.90 Å². The normalized spacial score (nSPS) is 16.1. The number of nitrogens with zero attached hydrogens (tertiary/aromatic N) is 1. The first kappa shape index (κ1) is 17.0. The van der Waals surface area contributed by atoms with Crippen molar-refractivity contribution in [1.82, 2.24) is 0 Å². The van der Waals surface area contributed by atoms with Gasteiger partial charge in [0.15, 0.2) is 4.32 Å². The molecule has 2 nitrogen and oxygen atoms in total. The molecule has 0 unspecified atom stereocenters. The van der Waals surface area contributed by atoms with Gasteiger partial charge < -0.3 is 0 Å². The summed E-state index contributed by atoms with van der Waals surface area (Å²) in [6.45, 7) is 4.10. The summed E-state index contributed by atoms with van der Waals surface area (Å²) in [5.41, 5.74) is 4.21. The maximum Gasteiger partial charge on any atom is 0.270 e. The van der Waals surface area contributed by atoms with Crippen molar-refractivity contribution in [3.8, 4) is 0 Å². The van der Waals surface area contributed by atoms with Gasteiger partial charge in [-0.3, -0.25) is 9.69 Å². The molecule has 1 aliphatic rings. The zero-order chi connectivity index (χ0) is 18.3. The molecule has 1 heterocycles. The maximum absolute atomic E-state index is 13.0. The van der Waals surface area contributed by atoms with Gasteiger partial charge in [-0.2, -0.15) is 0 Å². The van der Waals surface area contributed by atoms with Crippen molar-refractivity contribution in [3.63, 3.8) is 0 Å². The van der Waals surface area contributed by atoms with Crippen molar-refractivity contribution in [2.45, 2.75) is 13.8 Å². The van der Waals surface area contributed by atoms with Gasteiger partial charge >= 0.3 is 0 Å². The van der Waals surface area contributed by atoms with Crippen LogP contribution in [-0.4, -0.2) is 10.2 Å². The minimum absolute atomic E-state index is 0.0591. The lowest BCUT2D eigenvalue weighted by Gasteiger charge is -2.16. The molecule has 0 aliphatic carbocycles. The highest BCUT2D eigenvalue weighted by atomic mass is 32.2. The number of benzene rings is 3. The van der Waals surface area contributed by atoms with Gasteiger partial charge in [0.2, 0.25) is 0 Å². The highest BCUT2D eigenvalue weighted by Crippen LogP contribution is 2.37. The van der Waals surface area contributed by atoms with Crippen molar-refractivity contribution in [3.05, 3.63) is 82.3 Å². The van der Waals surface area contributed by atoms with E-state index in [0.717, 1.165) is 27.6 Å². The summed E-state index contributed by atoms with van der Waals surface area (Å²) in [5, 5.41) is 2.29. The Labute approximate surface area is 162 Å². The number of hydrogen-bond donors (Lipinski definition) is 0. The lowest BCUT2D eigenvalue weighted by Crippen LogP contribution is -2.27. The molecule has 4 rings (SSSR count). The number of carbonyl (C=O) groups is 1. The van der Waals surface area contributed by atoms with Gasteiger partial charge in [-0.1, -0.05) is 72.5 Å². The van der Waals surface area contributed by atoms with Crippen molar-refractivity contribution in [1.29, 1.82) is 0 Å². The summed E-state index contributed by atoms with van der Waals surface area (Å²) in [6, 6.07) is 20.3. The topological polar surface area (TPSA) is 20.3 Å². The molecule has 3 aromatic rings. The van der Waals surface area contributed by atoms with Crippen molar-refractivity contribution < 1.29 is 4.79 Å². The first-order valence-corrected chi connectivity index (χ1v) is 9.60. The number of rotatable bonds is 2. The van der Waals surface area contributed by atoms with Crippen LogP contribution in [0.25, 0.3) is 16.8 Å². The summed E-state index contributed by atoms with van der Waals surface area (Å²) in [5.74, 6) is -0.0591. The molecule has 3 aromatic carbocycles. The molecule has 0 N–H and O–H groups in total. The number of aryl methyl sites for hydroxylation is 2. The smallest absolute Gasteiger partial charge is 0.268 e. The van der Waals surface area contributed by atoms with Crippen LogP contribution in [0, 0.1) is 13.8 Å².